The second-order valence-electron chi connectivity index (χ2n) is 5.95. The first-order chi connectivity index (χ1) is 8.84. The van der Waals surface area contributed by atoms with Gasteiger partial charge in [0, 0.05) is 17.4 Å². The Bertz CT molecular complexity index is 445. The van der Waals surface area contributed by atoms with Gasteiger partial charge >= 0.3 is 0 Å². The summed E-state index contributed by atoms with van der Waals surface area (Å²) in [5.74, 6) is 0.510. The predicted octanol–water partition coefficient (Wildman–Crippen LogP) is 4.65. The lowest BCUT2D eigenvalue weighted by Crippen LogP contribution is -2.17. The Hall–Kier alpha value is -1.18. The van der Waals surface area contributed by atoms with E-state index < -0.39 is 0 Å². The van der Waals surface area contributed by atoms with Crippen LogP contribution in [0.1, 0.15) is 69.7 Å². The number of anilines is 2. The average molecular weight is 262 g/mol. The molecule has 0 amide bonds. The molecule has 0 radical (unpaired) electrons. The molecule has 0 saturated carbocycles. The minimum atomic E-state index is 0.427. The van der Waals surface area contributed by atoms with Crippen molar-refractivity contribution >= 4 is 11.4 Å². The zero-order valence-electron chi connectivity index (χ0n) is 13.6. The summed E-state index contributed by atoms with van der Waals surface area (Å²) in [6, 6.07) is 0.427. The number of nitrogen functional groups attached to an aromatic ring is 1. The lowest BCUT2D eigenvalue weighted by Gasteiger charge is -2.26. The Morgan fingerprint density at radius 1 is 1.00 bits per heavy atom. The Morgan fingerprint density at radius 3 is 1.89 bits per heavy atom. The van der Waals surface area contributed by atoms with Crippen molar-refractivity contribution < 1.29 is 0 Å². The normalized spacial score (nSPS) is 11.4. The quantitative estimate of drug-likeness (QED) is 0.758. The van der Waals surface area contributed by atoms with E-state index >= 15 is 0 Å². The molecule has 0 aliphatic carbocycles. The van der Waals surface area contributed by atoms with Crippen molar-refractivity contribution in [2.24, 2.45) is 0 Å². The Balaban J connectivity index is 3.62. The van der Waals surface area contributed by atoms with Gasteiger partial charge in [-0.3, -0.25) is 0 Å². The summed E-state index contributed by atoms with van der Waals surface area (Å²) in [5.41, 5.74) is 14.2. The molecule has 0 spiro atoms. The molecular formula is C17H30N2. The van der Waals surface area contributed by atoms with Crippen molar-refractivity contribution in [3.63, 3.8) is 0 Å². The summed E-state index contributed by atoms with van der Waals surface area (Å²) in [5, 5.41) is 3.60. The van der Waals surface area contributed by atoms with E-state index in [9.17, 15) is 0 Å². The number of rotatable bonds is 5. The average Bonchev–Trinajstić information content (AvgIpc) is 2.32. The number of hydrogen-bond donors (Lipinski definition) is 2. The standard InChI is InChI=1S/C17H30N2/c1-8-13-15(10(3)4)12(7)17(19-11(5)6)14(9-2)16(13)18/h10-11,19H,8-9,18H2,1-7H3. The smallest absolute Gasteiger partial charge is 0.0428 e. The van der Waals surface area contributed by atoms with Crippen LogP contribution >= 0.6 is 0 Å². The van der Waals surface area contributed by atoms with Crippen molar-refractivity contribution in [3.05, 3.63) is 22.3 Å². The van der Waals surface area contributed by atoms with Crippen molar-refractivity contribution in [2.45, 2.75) is 73.3 Å². The maximum atomic E-state index is 6.45. The van der Waals surface area contributed by atoms with Crippen molar-refractivity contribution in [1.29, 1.82) is 0 Å². The molecule has 0 heterocycles. The van der Waals surface area contributed by atoms with Crippen LogP contribution in [0.4, 0.5) is 11.4 Å². The van der Waals surface area contributed by atoms with Crippen molar-refractivity contribution in [1.82, 2.24) is 0 Å². The molecule has 0 fully saturated rings. The van der Waals surface area contributed by atoms with Crippen molar-refractivity contribution in [2.75, 3.05) is 11.1 Å². The lowest BCUT2D eigenvalue weighted by atomic mass is 9.85. The molecule has 0 saturated heterocycles. The van der Waals surface area contributed by atoms with E-state index in [1.54, 1.807) is 0 Å². The molecule has 19 heavy (non-hydrogen) atoms. The molecule has 0 aliphatic rings. The van der Waals surface area contributed by atoms with Crippen LogP contribution in [0.3, 0.4) is 0 Å². The van der Waals surface area contributed by atoms with Gasteiger partial charge < -0.3 is 11.1 Å². The van der Waals surface area contributed by atoms with Crippen LogP contribution < -0.4 is 11.1 Å². The van der Waals surface area contributed by atoms with Gasteiger partial charge in [-0.1, -0.05) is 27.7 Å². The molecule has 108 valence electrons. The molecule has 2 heteroatoms. The fourth-order valence-electron chi connectivity index (χ4n) is 3.06. The highest BCUT2D eigenvalue weighted by Crippen LogP contribution is 2.38. The van der Waals surface area contributed by atoms with Gasteiger partial charge in [0.25, 0.3) is 0 Å². The molecule has 2 nitrogen and oxygen atoms in total. The molecule has 0 unspecified atom stereocenters. The van der Waals surface area contributed by atoms with Crippen LogP contribution in [0.5, 0.6) is 0 Å². The molecule has 0 bridgehead atoms. The molecule has 0 aromatic heterocycles. The summed E-state index contributed by atoms with van der Waals surface area (Å²) < 4.78 is 0. The molecule has 0 atom stereocenters. The van der Waals surface area contributed by atoms with E-state index in [4.69, 9.17) is 5.73 Å². The van der Waals surface area contributed by atoms with Crippen LogP contribution in [0, 0.1) is 6.92 Å². The summed E-state index contributed by atoms with van der Waals surface area (Å²) in [6.07, 6.45) is 1.99. The van der Waals surface area contributed by atoms with Gasteiger partial charge in [-0.15, -0.1) is 0 Å². The van der Waals surface area contributed by atoms with Gasteiger partial charge in [-0.05, 0) is 61.8 Å². The Kier molecular flexibility index (Phi) is 5.28. The Labute approximate surface area is 118 Å². The Morgan fingerprint density at radius 2 is 1.53 bits per heavy atom. The van der Waals surface area contributed by atoms with Crippen molar-refractivity contribution in [3.8, 4) is 0 Å². The predicted molar refractivity (Wildman–Crippen MR) is 87.2 cm³/mol. The number of nitrogens with one attached hydrogen (secondary N) is 1. The maximum absolute atomic E-state index is 6.45. The zero-order chi connectivity index (χ0) is 14.7. The molecule has 3 N–H and O–H groups in total. The fourth-order valence-corrected chi connectivity index (χ4v) is 3.06. The molecule has 1 aromatic carbocycles. The summed E-state index contributed by atoms with van der Waals surface area (Å²) in [6.45, 7) is 15.5. The van der Waals surface area contributed by atoms with Crippen LogP contribution in [0.25, 0.3) is 0 Å². The first-order valence-corrected chi connectivity index (χ1v) is 7.55. The SMILES string of the molecule is CCc1c(N)c(CC)c(C(C)C)c(C)c1NC(C)C. The number of hydrogen-bond acceptors (Lipinski definition) is 2. The minimum Gasteiger partial charge on any atom is -0.398 e. The fraction of sp³-hybridized carbons (Fsp3) is 0.647. The van der Waals surface area contributed by atoms with Gasteiger partial charge in [0.05, 0.1) is 0 Å². The first kappa shape index (κ1) is 15.9. The van der Waals surface area contributed by atoms with Gasteiger partial charge in [-0.25, -0.2) is 0 Å². The van der Waals surface area contributed by atoms with E-state index in [2.05, 4.69) is 53.8 Å². The zero-order valence-corrected chi connectivity index (χ0v) is 13.6. The minimum absolute atomic E-state index is 0.427. The van der Waals surface area contributed by atoms with E-state index in [0.29, 0.717) is 12.0 Å². The monoisotopic (exact) mass is 262 g/mol. The van der Waals surface area contributed by atoms with Crippen LogP contribution in [-0.2, 0) is 12.8 Å². The van der Waals surface area contributed by atoms with Crippen LogP contribution in [-0.4, -0.2) is 6.04 Å². The van der Waals surface area contributed by atoms with Gasteiger partial charge in [0.2, 0.25) is 0 Å². The molecule has 1 rings (SSSR count). The number of nitrogens with two attached hydrogens (primary N) is 1. The van der Waals surface area contributed by atoms with E-state index in [1.807, 2.05) is 0 Å². The van der Waals surface area contributed by atoms with Gasteiger partial charge in [0.15, 0.2) is 0 Å². The third-order valence-corrected chi connectivity index (χ3v) is 3.77. The van der Waals surface area contributed by atoms with Gasteiger partial charge in [-0.2, -0.15) is 0 Å². The van der Waals surface area contributed by atoms with Crippen LogP contribution in [0.2, 0.25) is 0 Å². The lowest BCUT2D eigenvalue weighted by molar-refractivity contribution is 0.827. The molecule has 1 aromatic rings. The second-order valence-corrected chi connectivity index (χ2v) is 5.95. The molecule has 0 aliphatic heterocycles. The topological polar surface area (TPSA) is 38.0 Å². The first-order valence-electron chi connectivity index (χ1n) is 7.55. The van der Waals surface area contributed by atoms with Crippen LogP contribution in [0.15, 0.2) is 0 Å². The van der Waals surface area contributed by atoms with E-state index in [-0.39, 0.29) is 0 Å². The van der Waals surface area contributed by atoms with Gasteiger partial charge in [0.1, 0.15) is 0 Å². The summed E-state index contributed by atoms with van der Waals surface area (Å²) >= 11 is 0. The largest absolute Gasteiger partial charge is 0.398 e. The maximum Gasteiger partial charge on any atom is 0.0428 e. The third-order valence-electron chi connectivity index (χ3n) is 3.77. The molecular weight excluding hydrogens is 232 g/mol. The highest BCUT2D eigenvalue weighted by Gasteiger charge is 2.20. The summed E-state index contributed by atoms with van der Waals surface area (Å²) in [7, 11) is 0. The summed E-state index contributed by atoms with van der Waals surface area (Å²) in [4.78, 5) is 0. The van der Waals surface area contributed by atoms with E-state index in [1.165, 1.54) is 27.9 Å². The second kappa shape index (κ2) is 6.31. The van der Waals surface area contributed by atoms with E-state index in [0.717, 1.165) is 18.5 Å². The highest BCUT2D eigenvalue weighted by molar-refractivity contribution is 5.74. The number of benzene rings is 1. The highest BCUT2D eigenvalue weighted by atomic mass is 14.9. The third kappa shape index (κ3) is 3.05.